The first-order valence-corrected chi connectivity index (χ1v) is 17.8. The molecule has 0 saturated heterocycles. The molecule has 248 valence electrons. The Morgan fingerprint density at radius 1 is 0.302 bits per heavy atom. The van der Waals surface area contributed by atoms with E-state index in [-0.39, 0.29) is 0 Å². The minimum Gasteiger partial charge on any atom is -0.455 e. The average Bonchev–Trinajstić information content (AvgIpc) is 3.63. The van der Waals surface area contributed by atoms with Crippen molar-refractivity contribution in [1.29, 1.82) is 0 Å². The van der Waals surface area contributed by atoms with Crippen LogP contribution in [0.3, 0.4) is 0 Å². The monoisotopic (exact) mass is 677 g/mol. The molecule has 0 bridgehead atoms. The first-order valence-electron chi connectivity index (χ1n) is 17.8. The van der Waals surface area contributed by atoms with Crippen LogP contribution in [0.2, 0.25) is 0 Å². The maximum atomic E-state index is 6.59. The summed E-state index contributed by atoms with van der Waals surface area (Å²) in [4.78, 5) is 15.8. The summed E-state index contributed by atoms with van der Waals surface area (Å²) in [5.74, 6) is 1.81. The summed E-state index contributed by atoms with van der Waals surface area (Å²) in [7, 11) is 0. The number of rotatable bonds is 6. The summed E-state index contributed by atoms with van der Waals surface area (Å²) >= 11 is 0. The van der Waals surface area contributed by atoms with Gasteiger partial charge in [0, 0.05) is 38.2 Å². The summed E-state index contributed by atoms with van der Waals surface area (Å²) in [5, 5.41) is 4.12. The van der Waals surface area contributed by atoms with Gasteiger partial charge in [0.2, 0.25) is 0 Å². The van der Waals surface area contributed by atoms with E-state index in [2.05, 4.69) is 140 Å². The minimum absolute atomic E-state index is 0.598. The zero-order valence-corrected chi connectivity index (χ0v) is 28.6. The topological polar surface area (TPSA) is 51.8 Å². The van der Waals surface area contributed by atoms with Crippen molar-refractivity contribution in [2.45, 2.75) is 0 Å². The fourth-order valence-electron chi connectivity index (χ4n) is 7.38. The second-order valence-corrected chi connectivity index (χ2v) is 13.2. The summed E-state index contributed by atoms with van der Waals surface area (Å²) in [5.41, 5.74) is 11.1. The zero-order valence-electron chi connectivity index (χ0n) is 28.6. The third-order valence-corrected chi connectivity index (χ3v) is 9.90. The molecule has 0 radical (unpaired) electrons. The summed E-state index contributed by atoms with van der Waals surface area (Å²) < 4.78 is 6.59. The highest BCUT2D eigenvalue weighted by Crippen LogP contribution is 2.43. The number of hydrogen-bond donors (Lipinski definition) is 0. The molecule has 8 aromatic carbocycles. The molecule has 2 aromatic heterocycles. The molecule has 0 atom stereocenters. The first-order chi connectivity index (χ1) is 26.3. The van der Waals surface area contributed by atoms with E-state index in [0.717, 1.165) is 82.8 Å². The lowest BCUT2D eigenvalue weighted by molar-refractivity contribution is 0.672. The molecule has 0 spiro atoms. The van der Waals surface area contributed by atoms with Crippen LogP contribution < -0.4 is 0 Å². The number of nitrogens with zero attached hydrogens (tertiary/aromatic N) is 3. The molecule has 4 nitrogen and oxygen atoms in total. The van der Waals surface area contributed by atoms with Crippen LogP contribution in [0.25, 0.3) is 100 Å². The number of benzene rings is 8. The summed E-state index contributed by atoms with van der Waals surface area (Å²) in [6, 6.07) is 65.1. The molecule has 0 saturated carbocycles. The fraction of sp³-hybridized carbons (Fsp3) is 0. The Labute approximate surface area is 306 Å². The van der Waals surface area contributed by atoms with Crippen molar-refractivity contribution in [3.63, 3.8) is 0 Å². The predicted octanol–water partition coefficient (Wildman–Crippen LogP) is 12.9. The number of hydrogen-bond acceptors (Lipinski definition) is 4. The van der Waals surface area contributed by atoms with Gasteiger partial charge in [0.1, 0.15) is 11.2 Å². The van der Waals surface area contributed by atoms with Crippen LogP contribution in [-0.2, 0) is 0 Å². The molecule has 0 unspecified atom stereocenters. The van der Waals surface area contributed by atoms with Gasteiger partial charge in [-0.3, -0.25) is 0 Å². The van der Waals surface area contributed by atoms with E-state index in [9.17, 15) is 0 Å². The van der Waals surface area contributed by atoms with Gasteiger partial charge >= 0.3 is 0 Å². The molecule has 0 aliphatic carbocycles. The second-order valence-electron chi connectivity index (χ2n) is 13.2. The molecule has 0 amide bonds. The molecule has 2 heterocycles. The quantitative estimate of drug-likeness (QED) is 0.176. The van der Waals surface area contributed by atoms with Gasteiger partial charge in [-0.05, 0) is 63.7 Å². The number of aromatic nitrogens is 3. The van der Waals surface area contributed by atoms with Crippen LogP contribution in [0.15, 0.2) is 192 Å². The van der Waals surface area contributed by atoms with Crippen LogP contribution in [0, 0.1) is 0 Å². The van der Waals surface area contributed by atoms with Crippen LogP contribution >= 0.6 is 0 Å². The Bertz CT molecular complexity index is 2860. The van der Waals surface area contributed by atoms with Gasteiger partial charge < -0.3 is 4.42 Å². The highest BCUT2D eigenvalue weighted by atomic mass is 16.3. The van der Waals surface area contributed by atoms with Crippen LogP contribution in [0.5, 0.6) is 0 Å². The van der Waals surface area contributed by atoms with Gasteiger partial charge in [0.05, 0.1) is 0 Å². The van der Waals surface area contributed by atoms with E-state index >= 15 is 0 Å². The third kappa shape index (κ3) is 5.54. The Morgan fingerprint density at radius 3 is 1.43 bits per heavy atom. The van der Waals surface area contributed by atoms with Crippen molar-refractivity contribution in [3.8, 4) is 67.5 Å². The van der Waals surface area contributed by atoms with E-state index < -0.39 is 0 Å². The van der Waals surface area contributed by atoms with E-state index in [4.69, 9.17) is 19.4 Å². The lowest BCUT2D eigenvalue weighted by Gasteiger charge is -2.15. The second kappa shape index (κ2) is 12.9. The lowest BCUT2D eigenvalue weighted by Crippen LogP contribution is -2.01. The van der Waals surface area contributed by atoms with Crippen molar-refractivity contribution < 1.29 is 4.42 Å². The minimum atomic E-state index is 0.598. The van der Waals surface area contributed by atoms with Crippen molar-refractivity contribution >= 4 is 32.7 Å². The summed E-state index contributed by atoms with van der Waals surface area (Å²) in [6.07, 6.45) is 0. The molecular formula is C49H31N3O. The Morgan fingerprint density at radius 2 is 0.792 bits per heavy atom. The molecule has 0 aliphatic rings. The van der Waals surface area contributed by atoms with E-state index in [1.165, 1.54) is 0 Å². The van der Waals surface area contributed by atoms with Gasteiger partial charge in [-0.1, -0.05) is 158 Å². The number of para-hydroxylation sites is 1. The maximum Gasteiger partial charge on any atom is 0.164 e. The standard InChI is InChI=1S/C49H31N3O/c1-5-16-32(17-6-1)36-28-37(33-18-7-2-8-19-33)30-38(29-36)48-50-47(35-22-11-4-12-23-35)51-49(52-48)43-31-42-40-24-13-14-27-44(40)53-46(42)41-26-15-25-39(45(41)43)34-20-9-3-10-21-34/h1-31H. The third-order valence-electron chi connectivity index (χ3n) is 9.90. The lowest BCUT2D eigenvalue weighted by atomic mass is 9.92. The van der Waals surface area contributed by atoms with Crippen LogP contribution in [0.1, 0.15) is 0 Å². The van der Waals surface area contributed by atoms with Gasteiger partial charge in [-0.25, -0.2) is 15.0 Å². The first kappa shape index (κ1) is 30.6. The van der Waals surface area contributed by atoms with Gasteiger partial charge in [0.25, 0.3) is 0 Å². The molecule has 0 aliphatic heterocycles. The highest BCUT2D eigenvalue weighted by molar-refractivity contribution is 6.21. The predicted molar refractivity (Wildman–Crippen MR) is 217 cm³/mol. The van der Waals surface area contributed by atoms with Crippen molar-refractivity contribution in [2.75, 3.05) is 0 Å². The number of fused-ring (bicyclic) bond motifs is 5. The van der Waals surface area contributed by atoms with Crippen LogP contribution in [-0.4, -0.2) is 15.0 Å². The normalized spacial score (nSPS) is 11.4. The van der Waals surface area contributed by atoms with Crippen LogP contribution in [0.4, 0.5) is 0 Å². The van der Waals surface area contributed by atoms with E-state index in [1.54, 1.807) is 0 Å². The zero-order chi connectivity index (χ0) is 35.1. The SMILES string of the molecule is c1ccc(-c2cc(-c3ccccc3)cc(-c3nc(-c4ccccc4)nc(-c4cc5c6ccccc6oc5c5cccc(-c6ccccc6)c45)n3)c2)cc1. The molecule has 53 heavy (non-hydrogen) atoms. The van der Waals surface area contributed by atoms with Gasteiger partial charge in [0.15, 0.2) is 17.5 Å². The largest absolute Gasteiger partial charge is 0.455 e. The smallest absolute Gasteiger partial charge is 0.164 e. The molecule has 0 N–H and O–H groups in total. The molecule has 4 heteroatoms. The summed E-state index contributed by atoms with van der Waals surface area (Å²) in [6.45, 7) is 0. The fourth-order valence-corrected chi connectivity index (χ4v) is 7.38. The van der Waals surface area contributed by atoms with Crippen molar-refractivity contribution in [1.82, 2.24) is 15.0 Å². The highest BCUT2D eigenvalue weighted by Gasteiger charge is 2.21. The Kier molecular flexibility index (Phi) is 7.43. The van der Waals surface area contributed by atoms with E-state index in [0.29, 0.717) is 17.5 Å². The van der Waals surface area contributed by atoms with Crippen molar-refractivity contribution in [2.24, 2.45) is 0 Å². The Balaban J connectivity index is 1.30. The number of furan rings is 1. The van der Waals surface area contributed by atoms with Gasteiger partial charge in [-0.2, -0.15) is 0 Å². The molecule has 0 fully saturated rings. The average molecular weight is 678 g/mol. The van der Waals surface area contributed by atoms with Crippen molar-refractivity contribution in [3.05, 3.63) is 188 Å². The molecule has 10 rings (SSSR count). The van der Waals surface area contributed by atoms with Gasteiger partial charge in [-0.15, -0.1) is 0 Å². The molecular weight excluding hydrogens is 647 g/mol. The maximum absolute atomic E-state index is 6.59. The molecule has 10 aromatic rings. The van der Waals surface area contributed by atoms with E-state index in [1.807, 2.05) is 48.5 Å². The Hall–Kier alpha value is -7.17.